The molecule has 0 rings (SSSR count). The van der Waals surface area contributed by atoms with Crippen molar-refractivity contribution in [2.45, 2.75) is 193 Å². The normalized spacial score (nSPS) is 13.4. The molecule has 0 heterocycles. The second-order valence-corrected chi connectivity index (χ2v) is 12.3. The van der Waals surface area contributed by atoms with Gasteiger partial charge in [0.15, 0.2) is 0 Å². The number of carbonyl (C=O) groups excluding carboxylic acids is 2. The number of hydrogen-bond acceptors (Lipinski definition) is 4. The van der Waals surface area contributed by atoms with Gasteiger partial charge < -0.3 is 9.47 Å². The maximum atomic E-state index is 11.1. The van der Waals surface area contributed by atoms with E-state index in [1.807, 2.05) is 0 Å². The molecule has 0 saturated carbocycles. The van der Waals surface area contributed by atoms with Crippen LogP contribution in [0.1, 0.15) is 181 Å². The summed E-state index contributed by atoms with van der Waals surface area (Å²) in [5, 5.41) is 0. The van der Waals surface area contributed by atoms with Crippen LogP contribution in [0.2, 0.25) is 0 Å². The van der Waals surface area contributed by atoms with E-state index in [9.17, 15) is 9.59 Å². The number of carbonyl (C=O) groups is 2. The van der Waals surface area contributed by atoms with Gasteiger partial charge in [-0.3, -0.25) is 9.59 Å². The van der Waals surface area contributed by atoms with E-state index in [1.54, 1.807) is 0 Å². The molecule has 254 valence electrons. The first-order valence-electron chi connectivity index (χ1n) is 18.6. The molecule has 0 aromatic rings. The van der Waals surface area contributed by atoms with E-state index in [0.29, 0.717) is 12.9 Å². The molecule has 0 aliphatic rings. The van der Waals surface area contributed by atoms with Crippen LogP contribution >= 0.6 is 0 Å². The quantitative estimate of drug-likeness (QED) is 0.0405. The average Bonchev–Trinajstić information content (AvgIpc) is 3.03. The van der Waals surface area contributed by atoms with E-state index in [0.717, 1.165) is 51.4 Å². The van der Waals surface area contributed by atoms with E-state index < -0.39 is 0 Å². The zero-order valence-corrected chi connectivity index (χ0v) is 28.9. The summed E-state index contributed by atoms with van der Waals surface area (Å²) < 4.78 is 10.7. The minimum absolute atomic E-state index is 0.332. The largest absolute Gasteiger partial charge is 0.461 e. The summed E-state index contributed by atoms with van der Waals surface area (Å²) in [6.45, 7) is 5.52. The highest BCUT2D eigenvalue weighted by atomic mass is 16.6. The minimum atomic E-state index is -0.332. The molecule has 0 radical (unpaired) electrons. The van der Waals surface area contributed by atoms with Crippen LogP contribution < -0.4 is 0 Å². The van der Waals surface area contributed by atoms with Crippen molar-refractivity contribution in [1.82, 2.24) is 0 Å². The summed E-state index contributed by atoms with van der Waals surface area (Å²) in [5.74, 6) is 0. The van der Waals surface area contributed by atoms with Gasteiger partial charge in [0.2, 0.25) is 0 Å². The molecule has 0 N–H and O–H groups in total. The Morgan fingerprint density at radius 1 is 0.386 bits per heavy atom. The fraction of sp³-hybridized carbons (Fsp3) is 0.750. The number of allylic oxidation sites excluding steroid dienone is 8. The maximum absolute atomic E-state index is 11.1. The Morgan fingerprint density at radius 2 is 0.682 bits per heavy atom. The lowest BCUT2D eigenvalue weighted by Gasteiger charge is -2.24. The minimum Gasteiger partial charge on any atom is -0.461 e. The zero-order chi connectivity index (χ0) is 32.0. The third kappa shape index (κ3) is 31.3. The Labute approximate surface area is 273 Å². The highest BCUT2D eigenvalue weighted by Crippen LogP contribution is 2.20. The van der Waals surface area contributed by atoms with Crippen molar-refractivity contribution < 1.29 is 19.1 Å². The summed E-state index contributed by atoms with van der Waals surface area (Å²) in [6, 6.07) is 0. The molecule has 0 saturated heterocycles. The summed E-state index contributed by atoms with van der Waals surface area (Å²) in [4.78, 5) is 22.3. The van der Waals surface area contributed by atoms with E-state index in [1.165, 1.54) is 116 Å². The van der Waals surface area contributed by atoms with Gasteiger partial charge in [-0.1, -0.05) is 140 Å². The van der Waals surface area contributed by atoms with Gasteiger partial charge in [0.25, 0.3) is 12.9 Å². The van der Waals surface area contributed by atoms with E-state index in [2.05, 4.69) is 62.5 Å². The first-order valence-corrected chi connectivity index (χ1v) is 18.6. The maximum Gasteiger partial charge on any atom is 0.293 e. The molecule has 0 aliphatic carbocycles. The Bertz CT molecular complexity index is 648. The predicted octanol–water partition coefficient (Wildman–Crippen LogP) is 12.5. The van der Waals surface area contributed by atoms with Gasteiger partial charge in [-0.2, -0.15) is 0 Å². The Hall–Kier alpha value is -2.10. The summed E-state index contributed by atoms with van der Waals surface area (Å²) in [6.07, 6.45) is 48.1. The van der Waals surface area contributed by atoms with Gasteiger partial charge in [0.05, 0.1) is 0 Å². The molecule has 0 bridgehead atoms. The molecular weight excluding hydrogens is 544 g/mol. The SMILES string of the molecule is CCCCC/C=C\C/C=C\CCCCCCCCC(OC=O)C(CCCCCCCC/C=C\C/C=C\CCCCC)OC=O. The van der Waals surface area contributed by atoms with Gasteiger partial charge >= 0.3 is 0 Å². The number of unbranched alkanes of at least 4 members (excludes halogenated alkanes) is 18. The molecule has 0 aromatic carbocycles. The van der Waals surface area contributed by atoms with Gasteiger partial charge in [-0.25, -0.2) is 0 Å². The highest BCUT2D eigenvalue weighted by molar-refractivity contribution is 5.39. The molecule has 0 spiro atoms. The zero-order valence-electron chi connectivity index (χ0n) is 28.9. The van der Waals surface area contributed by atoms with E-state index in [4.69, 9.17) is 9.47 Å². The molecule has 4 heteroatoms. The van der Waals surface area contributed by atoms with Crippen molar-refractivity contribution in [1.29, 1.82) is 0 Å². The second kappa shape index (κ2) is 37.1. The monoisotopic (exact) mass is 615 g/mol. The first-order chi connectivity index (χ1) is 21.8. The third-order valence-corrected chi connectivity index (χ3v) is 8.25. The van der Waals surface area contributed by atoms with Crippen molar-refractivity contribution in [2.75, 3.05) is 0 Å². The van der Waals surface area contributed by atoms with Crippen LogP contribution in [0.4, 0.5) is 0 Å². The van der Waals surface area contributed by atoms with Crippen molar-refractivity contribution in [3.8, 4) is 0 Å². The lowest BCUT2D eigenvalue weighted by Crippen LogP contribution is -2.31. The molecular formula is C40H70O4. The van der Waals surface area contributed by atoms with Crippen LogP contribution in [0.25, 0.3) is 0 Å². The smallest absolute Gasteiger partial charge is 0.293 e. The standard InChI is InChI=1S/C40H70O4/c1-3-5-7-9-11-13-15-17-19-21-23-25-27-29-31-33-35-39(43-37-41)40(44-38-42)36-34-32-30-28-26-24-22-20-18-16-14-12-10-8-6-4-2/h11-14,17-20,37-40H,3-10,15-16,21-36H2,1-2H3/b13-11-,14-12-,19-17-,20-18-. The number of hydrogen-bond donors (Lipinski definition) is 0. The Morgan fingerprint density at radius 3 is 1.00 bits per heavy atom. The summed E-state index contributed by atoms with van der Waals surface area (Å²) in [7, 11) is 0. The topological polar surface area (TPSA) is 52.6 Å². The summed E-state index contributed by atoms with van der Waals surface area (Å²) in [5.41, 5.74) is 0. The molecule has 0 amide bonds. The second-order valence-electron chi connectivity index (χ2n) is 12.3. The van der Waals surface area contributed by atoms with Gasteiger partial charge in [0, 0.05) is 0 Å². The molecule has 2 unspecified atom stereocenters. The Balaban J connectivity index is 3.88. The van der Waals surface area contributed by atoms with Crippen LogP contribution in [-0.4, -0.2) is 25.2 Å². The van der Waals surface area contributed by atoms with Gasteiger partial charge in [-0.15, -0.1) is 0 Å². The molecule has 2 atom stereocenters. The van der Waals surface area contributed by atoms with E-state index >= 15 is 0 Å². The third-order valence-electron chi connectivity index (χ3n) is 8.25. The molecule has 0 fully saturated rings. The molecule has 44 heavy (non-hydrogen) atoms. The van der Waals surface area contributed by atoms with Crippen molar-refractivity contribution in [3.63, 3.8) is 0 Å². The number of rotatable bonds is 35. The van der Waals surface area contributed by atoms with Crippen LogP contribution in [-0.2, 0) is 19.1 Å². The fourth-order valence-corrected chi connectivity index (χ4v) is 5.49. The van der Waals surface area contributed by atoms with Crippen LogP contribution in [0.3, 0.4) is 0 Å². The van der Waals surface area contributed by atoms with Crippen LogP contribution in [0, 0.1) is 0 Å². The first kappa shape index (κ1) is 41.9. The molecule has 0 aliphatic heterocycles. The van der Waals surface area contributed by atoms with Crippen molar-refractivity contribution >= 4 is 12.9 Å². The Kier molecular flexibility index (Phi) is 35.3. The van der Waals surface area contributed by atoms with Crippen molar-refractivity contribution in [3.05, 3.63) is 48.6 Å². The van der Waals surface area contributed by atoms with Crippen molar-refractivity contribution in [2.24, 2.45) is 0 Å². The molecule has 4 nitrogen and oxygen atoms in total. The average molecular weight is 615 g/mol. The van der Waals surface area contributed by atoms with E-state index in [-0.39, 0.29) is 12.2 Å². The lowest BCUT2D eigenvalue weighted by molar-refractivity contribution is -0.152. The lowest BCUT2D eigenvalue weighted by atomic mass is 9.99. The van der Waals surface area contributed by atoms with Crippen LogP contribution in [0.15, 0.2) is 48.6 Å². The number of ether oxygens (including phenoxy) is 2. The van der Waals surface area contributed by atoms with Crippen LogP contribution in [0.5, 0.6) is 0 Å². The molecule has 0 aromatic heterocycles. The van der Waals surface area contributed by atoms with Gasteiger partial charge in [-0.05, 0) is 89.9 Å². The van der Waals surface area contributed by atoms with Gasteiger partial charge in [0.1, 0.15) is 12.2 Å². The highest BCUT2D eigenvalue weighted by Gasteiger charge is 2.23. The predicted molar refractivity (Wildman–Crippen MR) is 190 cm³/mol. The summed E-state index contributed by atoms with van der Waals surface area (Å²) >= 11 is 0. The fourth-order valence-electron chi connectivity index (χ4n) is 5.49.